The normalized spacial score (nSPS) is 13.9. The van der Waals surface area contributed by atoms with Gasteiger partial charge in [0.15, 0.2) is 11.7 Å². The topological polar surface area (TPSA) is 40.3 Å². The molecule has 4 heteroatoms. The second-order valence-corrected chi connectivity index (χ2v) is 14.0. The highest BCUT2D eigenvalue weighted by Crippen LogP contribution is 2.64. The molecule has 10 rings (SSSR count). The van der Waals surface area contributed by atoms with Gasteiger partial charge in [0.25, 0.3) is 0 Å². The number of amidine groups is 2. The van der Waals surface area contributed by atoms with Crippen molar-refractivity contribution in [2.24, 2.45) is 15.0 Å². The molecule has 55 heavy (non-hydrogen) atoms. The van der Waals surface area contributed by atoms with Gasteiger partial charge in [0.05, 0.1) is 23.3 Å². The average Bonchev–Trinajstić information content (AvgIpc) is 3.55. The third-order valence-electron chi connectivity index (χ3n) is 11.0. The summed E-state index contributed by atoms with van der Waals surface area (Å²) in [7, 11) is 0. The second-order valence-electron chi connectivity index (χ2n) is 14.0. The number of rotatable bonds is 5. The Morgan fingerprint density at radius 3 is 1.82 bits per heavy atom. The smallest absolute Gasteiger partial charge is 0.161 e. The SMILES string of the molecule is C=N/C(=N\C(=N/Cc1ccccc1)c1ccc2c(c1)C1(c3ccccc3N(c3ccccc3)c3ccccc31)c1c-2ccc2ccccc12)c1ccccc1. The molecule has 0 bridgehead atoms. The van der Waals surface area contributed by atoms with Crippen LogP contribution in [-0.2, 0) is 12.0 Å². The van der Waals surface area contributed by atoms with Crippen molar-refractivity contribution in [3.05, 3.63) is 233 Å². The van der Waals surface area contributed by atoms with Crippen molar-refractivity contribution in [2.45, 2.75) is 12.0 Å². The van der Waals surface area contributed by atoms with E-state index in [2.05, 4.69) is 162 Å². The summed E-state index contributed by atoms with van der Waals surface area (Å²) in [5.41, 5.74) is 13.1. The van der Waals surface area contributed by atoms with Crippen LogP contribution in [0.25, 0.3) is 21.9 Å². The largest absolute Gasteiger partial charge is 0.310 e. The molecule has 4 nitrogen and oxygen atoms in total. The predicted octanol–water partition coefficient (Wildman–Crippen LogP) is 12.1. The molecule has 0 aromatic heterocycles. The Balaban J connectivity index is 1.28. The Kier molecular flexibility index (Phi) is 7.88. The first-order chi connectivity index (χ1) is 27.3. The van der Waals surface area contributed by atoms with Gasteiger partial charge in [-0.05, 0) is 86.8 Å². The Morgan fingerprint density at radius 2 is 1.11 bits per heavy atom. The van der Waals surface area contributed by atoms with E-state index in [0.29, 0.717) is 18.2 Å². The lowest BCUT2D eigenvalue weighted by Gasteiger charge is -2.45. The monoisotopic (exact) mass is 704 g/mol. The molecule has 0 saturated heterocycles. The first kappa shape index (κ1) is 32.5. The van der Waals surface area contributed by atoms with Crippen LogP contribution in [0.2, 0.25) is 0 Å². The Morgan fingerprint density at radius 1 is 0.509 bits per heavy atom. The Bertz CT molecular complexity index is 2760. The molecule has 8 aromatic carbocycles. The number of hydrogen-bond acceptors (Lipinski definition) is 2. The van der Waals surface area contributed by atoms with Crippen molar-refractivity contribution in [1.29, 1.82) is 0 Å². The lowest BCUT2D eigenvalue weighted by molar-refractivity contribution is 0.758. The van der Waals surface area contributed by atoms with Gasteiger partial charge >= 0.3 is 0 Å². The maximum absolute atomic E-state index is 5.21. The van der Waals surface area contributed by atoms with Gasteiger partial charge in [-0.1, -0.05) is 164 Å². The van der Waals surface area contributed by atoms with Crippen molar-refractivity contribution in [2.75, 3.05) is 4.90 Å². The van der Waals surface area contributed by atoms with Gasteiger partial charge in [-0.25, -0.2) is 9.98 Å². The Hall–Kier alpha value is -7.17. The maximum Gasteiger partial charge on any atom is 0.161 e. The van der Waals surface area contributed by atoms with E-state index >= 15 is 0 Å². The lowest BCUT2D eigenvalue weighted by Crippen LogP contribution is -2.36. The van der Waals surface area contributed by atoms with Gasteiger partial charge in [-0.15, -0.1) is 0 Å². The number of nitrogens with zero attached hydrogens (tertiary/aromatic N) is 4. The zero-order valence-corrected chi connectivity index (χ0v) is 30.2. The molecule has 0 amide bonds. The molecule has 1 aliphatic heterocycles. The van der Waals surface area contributed by atoms with Gasteiger partial charge in [0.1, 0.15) is 0 Å². The minimum Gasteiger partial charge on any atom is -0.310 e. The first-order valence-electron chi connectivity index (χ1n) is 18.7. The van der Waals surface area contributed by atoms with E-state index in [1.807, 2.05) is 48.5 Å². The summed E-state index contributed by atoms with van der Waals surface area (Å²) < 4.78 is 0. The number of aliphatic imine (C=N–C) groups is 3. The molecule has 0 atom stereocenters. The quantitative estimate of drug-likeness (QED) is 0.130. The van der Waals surface area contributed by atoms with Crippen LogP contribution < -0.4 is 4.90 Å². The molecule has 1 aliphatic carbocycles. The molecule has 1 heterocycles. The number of para-hydroxylation sites is 3. The van der Waals surface area contributed by atoms with E-state index in [0.717, 1.165) is 33.8 Å². The molecule has 0 saturated carbocycles. The minimum atomic E-state index is -0.646. The molecular formula is C51H36N4. The summed E-state index contributed by atoms with van der Waals surface area (Å²) in [5, 5.41) is 2.46. The molecule has 0 radical (unpaired) electrons. The molecule has 0 N–H and O–H groups in total. The number of fused-ring (bicyclic) bond motifs is 11. The highest BCUT2D eigenvalue weighted by molar-refractivity contribution is 6.13. The van der Waals surface area contributed by atoms with Crippen LogP contribution in [0, 0.1) is 0 Å². The number of hydrogen-bond donors (Lipinski definition) is 0. The summed E-state index contributed by atoms with van der Waals surface area (Å²) in [4.78, 5) is 17.2. The molecule has 8 aromatic rings. The van der Waals surface area contributed by atoms with Crippen LogP contribution in [0.4, 0.5) is 17.1 Å². The predicted molar refractivity (Wildman–Crippen MR) is 229 cm³/mol. The van der Waals surface area contributed by atoms with Crippen LogP contribution >= 0.6 is 0 Å². The summed E-state index contributed by atoms with van der Waals surface area (Å²) in [6.07, 6.45) is 0. The third kappa shape index (κ3) is 5.18. The van der Waals surface area contributed by atoms with Gasteiger partial charge in [-0.2, -0.15) is 0 Å². The second kappa shape index (κ2) is 13.4. The summed E-state index contributed by atoms with van der Waals surface area (Å²) in [6.45, 7) is 4.40. The molecule has 260 valence electrons. The van der Waals surface area contributed by atoms with E-state index in [9.17, 15) is 0 Å². The molecule has 1 spiro atoms. The van der Waals surface area contributed by atoms with E-state index in [4.69, 9.17) is 9.98 Å². The van der Waals surface area contributed by atoms with Crippen molar-refractivity contribution in [3.8, 4) is 11.1 Å². The van der Waals surface area contributed by atoms with Crippen molar-refractivity contribution in [3.63, 3.8) is 0 Å². The van der Waals surface area contributed by atoms with Crippen LogP contribution in [0.5, 0.6) is 0 Å². The molecule has 0 unspecified atom stereocenters. The van der Waals surface area contributed by atoms with E-state index in [-0.39, 0.29) is 0 Å². The van der Waals surface area contributed by atoms with Crippen molar-refractivity contribution >= 4 is 46.2 Å². The third-order valence-corrected chi connectivity index (χ3v) is 11.0. The van der Waals surface area contributed by atoms with Gasteiger partial charge in [-0.3, -0.25) is 4.99 Å². The zero-order valence-electron chi connectivity index (χ0n) is 30.2. The van der Waals surface area contributed by atoms with Gasteiger partial charge < -0.3 is 4.90 Å². The fourth-order valence-electron chi connectivity index (χ4n) is 8.74. The Labute approximate surface area is 321 Å². The van der Waals surface area contributed by atoms with Crippen molar-refractivity contribution < 1.29 is 0 Å². The van der Waals surface area contributed by atoms with Crippen LogP contribution in [0.1, 0.15) is 38.9 Å². The van der Waals surface area contributed by atoms with Crippen LogP contribution in [0.15, 0.2) is 209 Å². The number of benzene rings is 8. The highest BCUT2D eigenvalue weighted by atomic mass is 15.2. The molecule has 2 aliphatic rings. The van der Waals surface area contributed by atoms with E-state index < -0.39 is 5.41 Å². The lowest BCUT2D eigenvalue weighted by atomic mass is 9.63. The summed E-state index contributed by atoms with van der Waals surface area (Å²) in [6, 6.07) is 69.1. The number of anilines is 3. The molecular weight excluding hydrogens is 669 g/mol. The van der Waals surface area contributed by atoms with E-state index in [1.54, 1.807) is 0 Å². The van der Waals surface area contributed by atoms with Gasteiger partial charge in [0.2, 0.25) is 0 Å². The summed E-state index contributed by atoms with van der Waals surface area (Å²) >= 11 is 0. The zero-order chi connectivity index (χ0) is 36.8. The maximum atomic E-state index is 5.21. The first-order valence-corrected chi connectivity index (χ1v) is 18.7. The standard InChI is InChI=1S/C51H36N4/c1-52-49(37-20-7-3-8-21-37)54-50(53-34-35-17-5-2-6-18-35)38-30-31-41-42-32-29-36-19-11-12-24-40(36)48(42)51(45(41)33-38)43-25-13-15-27-46(43)55(39-22-9-4-10-23-39)47-28-16-14-26-44(47)51/h2-33H,1,34H2/b53-50-,54-49-. The summed E-state index contributed by atoms with van der Waals surface area (Å²) in [5.74, 6) is 1.14. The fraction of sp³-hybridized carbons (Fsp3) is 0.0392. The highest BCUT2D eigenvalue weighted by Gasteiger charge is 2.52. The van der Waals surface area contributed by atoms with Crippen LogP contribution in [-0.4, -0.2) is 18.4 Å². The average molecular weight is 705 g/mol. The minimum absolute atomic E-state index is 0.476. The van der Waals surface area contributed by atoms with E-state index in [1.165, 1.54) is 44.2 Å². The fourth-order valence-corrected chi connectivity index (χ4v) is 8.74. The van der Waals surface area contributed by atoms with Crippen molar-refractivity contribution in [1.82, 2.24) is 0 Å². The van der Waals surface area contributed by atoms with Crippen LogP contribution in [0.3, 0.4) is 0 Å². The molecule has 0 fully saturated rings. The van der Waals surface area contributed by atoms with Gasteiger partial charge in [0, 0.05) is 16.8 Å².